The van der Waals surface area contributed by atoms with Crippen LogP contribution in [0.25, 0.3) is 0 Å². The molecule has 1 aromatic carbocycles. The molecular formula is C9H7FN6O3. The predicted octanol–water partition coefficient (Wildman–Crippen LogP) is 0.177. The van der Waals surface area contributed by atoms with Gasteiger partial charge in [0.15, 0.2) is 5.82 Å². The molecule has 0 aliphatic heterocycles. The van der Waals surface area contributed by atoms with Crippen molar-refractivity contribution in [3.8, 4) is 0 Å². The summed E-state index contributed by atoms with van der Waals surface area (Å²) in [5.74, 6) is -1.41. The first-order chi connectivity index (χ1) is 9.08. The summed E-state index contributed by atoms with van der Waals surface area (Å²) < 4.78 is 13.3. The van der Waals surface area contributed by atoms with Crippen molar-refractivity contribution in [1.29, 1.82) is 0 Å². The SMILES string of the molecule is O=C(NCc1nn[nH]n1)c1ccc([N+](=O)[O-])c(F)c1. The molecule has 0 bridgehead atoms. The number of tetrazole rings is 1. The molecule has 19 heavy (non-hydrogen) atoms. The number of benzene rings is 1. The van der Waals surface area contributed by atoms with Gasteiger partial charge in [-0.15, -0.1) is 10.2 Å². The summed E-state index contributed by atoms with van der Waals surface area (Å²) in [7, 11) is 0. The van der Waals surface area contributed by atoms with Crippen molar-refractivity contribution >= 4 is 11.6 Å². The van der Waals surface area contributed by atoms with Gasteiger partial charge in [-0.05, 0) is 12.1 Å². The largest absolute Gasteiger partial charge is 0.345 e. The number of carbonyl (C=O) groups excluding carboxylic acids is 1. The van der Waals surface area contributed by atoms with Crippen molar-refractivity contribution in [2.24, 2.45) is 0 Å². The van der Waals surface area contributed by atoms with Crippen LogP contribution in [-0.4, -0.2) is 31.5 Å². The number of carbonyl (C=O) groups is 1. The van der Waals surface area contributed by atoms with E-state index < -0.39 is 22.3 Å². The Labute approximate surface area is 105 Å². The van der Waals surface area contributed by atoms with Crippen LogP contribution in [0.1, 0.15) is 16.2 Å². The molecule has 2 N–H and O–H groups in total. The maximum atomic E-state index is 13.3. The maximum absolute atomic E-state index is 13.3. The lowest BCUT2D eigenvalue weighted by molar-refractivity contribution is -0.387. The number of nitro groups is 1. The van der Waals surface area contributed by atoms with Crippen molar-refractivity contribution in [1.82, 2.24) is 25.9 Å². The minimum atomic E-state index is -1.07. The second-order valence-electron chi connectivity index (χ2n) is 3.43. The van der Waals surface area contributed by atoms with E-state index in [1.807, 2.05) is 0 Å². The molecule has 1 amide bonds. The number of rotatable bonds is 4. The smallest absolute Gasteiger partial charge is 0.304 e. The molecule has 0 unspecified atom stereocenters. The summed E-state index contributed by atoms with van der Waals surface area (Å²) in [4.78, 5) is 21.2. The second-order valence-corrected chi connectivity index (χ2v) is 3.43. The summed E-state index contributed by atoms with van der Waals surface area (Å²) in [6.07, 6.45) is 0. The van der Waals surface area contributed by atoms with Crippen LogP contribution in [0, 0.1) is 15.9 Å². The molecule has 10 heteroatoms. The number of amides is 1. The molecule has 2 aromatic rings. The first-order valence-corrected chi connectivity index (χ1v) is 5.02. The molecule has 1 aromatic heterocycles. The van der Waals surface area contributed by atoms with Crippen LogP contribution in [0.4, 0.5) is 10.1 Å². The third kappa shape index (κ3) is 2.86. The Balaban J connectivity index is 2.07. The number of nitrogens with zero attached hydrogens (tertiary/aromatic N) is 4. The molecule has 98 valence electrons. The van der Waals surface area contributed by atoms with Gasteiger partial charge in [0.1, 0.15) is 0 Å². The second kappa shape index (κ2) is 5.16. The van der Waals surface area contributed by atoms with E-state index in [0.717, 1.165) is 18.2 Å². The Morgan fingerprint density at radius 2 is 2.32 bits per heavy atom. The van der Waals surface area contributed by atoms with E-state index in [1.165, 1.54) is 0 Å². The summed E-state index contributed by atoms with van der Waals surface area (Å²) in [5, 5.41) is 25.6. The standard InChI is InChI=1S/C9H7FN6O3/c10-6-3-5(1-2-7(6)16(18)19)9(17)11-4-8-12-14-15-13-8/h1-3H,4H2,(H,11,17)(H,12,13,14,15). The topological polar surface area (TPSA) is 127 Å². The fourth-order valence-electron chi connectivity index (χ4n) is 1.31. The minimum Gasteiger partial charge on any atom is -0.345 e. The first kappa shape index (κ1) is 12.5. The number of hydrogen-bond acceptors (Lipinski definition) is 6. The number of nitrogens with one attached hydrogen (secondary N) is 2. The summed E-state index contributed by atoms with van der Waals surface area (Å²) in [6, 6.07) is 2.88. The summed E-state index contributed by atoms with van der Waals surface area (Å²) >= 11 is 0. The Kier molecular flexibility index (Phi) is 3.41. The lowest BCUT2D eigenvalue weighted by Crippen LogP contribution is -2.23. The predicted molar refractivity (Wildman–Crippen MR) is 58.4 cm³/mol. The zero-order chi connectivity index (χ0) is 13.8. The van der Waals surface area contributed by atoms with E-state index in [4.69, 9.17) is 0 Å². The number of aromatic nitrogens is 4. The van der Waals surface area contributed by atoms with E-state index in [2.05, 4.69) is 25.9 Å². The van der Waals surface area contributed by atoms with Crippen LogP contribution in [0.5, 0.6) is 0 Å². The van der Waals surface area contributed by atoms with Gasteiger partial charge in [-0.2, -0.15) is 9.60 Å². The van der Waals surface area contributed by atoms with Gasteiger partial charge in [0, 0.05) is 11.6 Å². The molecule has 1 heterocycles. The van der Waals surface area contributed by atoms with Crippen LogP contribution >= 0.6 is 0 Å². The average Bonchev–Trinajstić information content (AvgIpc) is 2.88. The third-order valence-corrected chi connectivity index (χ3v) is 2.20. The van der Waals surface area contributed by atoms with Gasteiger partial charge in [0.05, 0.1) is 11.5 Å². The van der Waals surface area contributed by atoms with Crippen molar-refractivity contribution in [2.45, 2.75) is 6.54 Å². The molecule has 0 aliphatic rings. The Morgan fingerprint density at radius 1 is 1.53 bits per heavy atom. The third-order valence-electron chi connectivity index (χ3n) is 2.20. The molecule has 0 saturated carbocycles. The molecule has 0 fully saturated rings. The maximum Gasteiger partial charge on any atom is 0.304 e. The lowest BCUT2D eigenvalue weighted by atomic mass is 10.2. The zero-order valence-electron chi connectivity index (χ0n) is 9.33. The van der Waals surface area contributed by atoms with Crippen molar-refractivity contribution in [2.75, 3.05) is 0 Å². The van der Waals surface area contributed by atoms with Gasteiger partial charge < -0.3 is 5.32 Å². The highest BCUT2D eigenvalue weighted by molar-refractivity contribution is 5.94. The Morgan fingerprint density at radius 3 is 2.89 bits per heavy atom. The van der Waals surface area contributed by atoms with Gasteiger partial charge in [0.25, 0.3) is 5.91 Å². The minimum absolute atomic E-state index is 0.00788. The molecule has 2 rings (SSSR count). The Bertz CT molecular complexity index is 614. The van der Waals surface area contributed by atoms with Gasteiger partial charge in [-0.1, -0.05) is 5.21 Å². The lowest BCUT2D eigenvalue weighted by Gasteiger charge is -2.02. The zero-order valence-corrected chi connectivity index (χ0v) is 9.33. The highest BCUT2D eigenvalue weighted by atomic mass is 19.1. The fourth-order valence-corrected chi connectivity index (χ4v) is 1.31. The van der Waals surface area contributed by atoms with E-state index in [0.29, 0.717) is 0 Å². The highest BCUT2D eigenvalue weighted by Crippen LogP contribution is 2.17. The van der Waals surface area contributed by atoms with Crippen LogP contribution in [0.15, 0.2) is 18.2 Å². The van der Waals surface area contributed by atoms with Crippen LogP contribution in [0.3, 0.4) is 0 Å². The Hall–Kier alpha value is -2.91. The van der Waals surface area contributed by atoms with Crippen LogP contribution in [-0.2, 0) is 6.54 Å². The number of nitro benzene ring substituents is 1. The van der Waals surface area contributed by atoms with Gasteiger partial charge >= 0.3 is 5.69 Å². The molecule has 0 atom stereocenters. The average molecular weight is 266 g/mol. The number of aromatic amines is 1. The molecular weight excluding hydrogens is 259 g/mol. The molecule has 0 saturated heterocycles. The van der Waals surface area contributed by atoms with Crippen molar-refractivity contribution < 1.29 is 14.1 Å². The van der Waals surface area contributed by atoms with Gasteiger partial charge in [-0.3, -0.25) is 14.9 Å². The van der Waals surface area contributed by atoms with E-state index in [-0.39, 0.29) is 17.9 Å². The van der Waals surface area contributed by atoms with E-state index >= 15 is 0 Å². The summed E-state index contributed by atoms with van der Waals surface area (Å²) in [6.45, 7) is 0.00788. The summed E-state index contributed by atoms with van der Waals surface area (Å²) in [5.41, 5.74) is -0.721. The monoisotopic (exact) mass is 266 g/mol. The van der Waals surface area contributed by atoms with Crippen LogP contribution < -0.4 is 5.32 Å². The number of halogens is 1. The van der Waals surface area contributed by atoms with Crippen molar-refractivity contribution in [3.05, 3.63) is 45.5 Å². The number of H-pyrrole nitrogens is 1. The van der Waals surface area contributed by atoms with Crippen molar-refractivity contribution in [3.63, 3.8) is 0 Å². The number of hydrogen-bond donors (Lipinski definition) is 2. The molecule has 0 aliphatic carbocycles. The van der Waals surface area contributed by atoms with Gasteiger partial charge in [0.2, 0.25) is 5.82 Å². The van der Waals surface area contributed by atoms with E-state index in [9.17, 15) is 19.3 Å². The normalized spacial score (nSPS) is 10.2. The van der Waals surface area contributed by atoms with Gasteiger partial charge in [-0.25, -0.2) is 0 Å². The fraction of sp³-hybridized carbons (Fsp3) is 0.111. The quantitative estimate of drug-likeness (QED) is 0.600. The first-order valence-electron chi connectivity index (χ1n) is 5.02. The van der Waals surface area contributed by atoms with Crippen LogP contribution in [0.2, 0.25) is 0 Å². The van der Waals surface area contributed by atoms with E-state index in [1.54, 1.807) is 0 Å². The molecule has 0 spiro atoms. The molecule has 9 nitrogen and oxygen atoms in total. The highest BCUT2D eigenvalue weighted by Gasteiger charge is 2.16. The molecule has 0 radical (unpaired) electrons.